The zero-order valence-corrected chi connectivity index (χ0v) is 15.0. The second-order valence-electron chi connectivity index (χ2n) is 5.69. The molecule has 0 aliphatic carbocycles. The number of carbonyl (C=O) groups excluding carboxylic acids is 2. The van der Waals surface area contributed by atoms with Crippen LogP contribution < -0.4 is 0 Å². The van der Waals surface area contributed by atoms with Crippen LogP contribution in [-0.2, 0) is 16.0 Å². The van der Waals surface area contributed by atoms with Crippen LogP contribution in [0, 0.1) is 6.92 Å². The molecule has 0 saturated heterocycles. The van der Waals surface area contributed by atoms with Gasteiger partial charge < -0.3 is 9.53 Å². The molecule has 0 unspecified atom stereocenters. The normalized spacial score (nSPS) is 10.0. The summed E-state index contributed by atoms with van der Waals surface area (Å²) < 4.78 is 5.42. The highest BCUT2D eigenvalue weighted by atomic mass is 16.5. The Labute approximate surface area is 142 Å². The van der Waals surface area contributed by atoms with E-state index in [4.69, 9.17) is 9.53 Å². The summed E-state index contributed by atoms with van der Waals surface area (Å²) in [6, 6.07) is 6.20. The zero-order valence-electron chi connectivity index (χ0n) is 15.0. The fraction of sp³-hybridized carbons (Fsp3) is 0.600. The van der Waals surface area contributed by atoms with Crippen LogP contribution in [0.4, 0.5) is 0 Å². The van der Waals surface area contributed by atoms with Crippen molar-refractivity contribution < 1.29 is 15.8 Å². The lowest BCUT2D eigenvalue weighted by atomic mass is 9.96. The Morgan fingerprint density at radius 2 is 1.83 bits per heavy atom. The first-order valence-corrected chi connectivity index (χ1v) is 8.68. The first-order valence-electron chi connectivity index (χ1n) is 8.68. The largest absolute Gasteiger partial charge is 0.381 e. The summed E-state index contributed by atoms with van der Waals surface area (Å²) in [6.45, 7) is 9.67. The van der Waals surface area contributed by atoms with Gasteiger partial charge in [-0.05, 0) is 38.3 Å². The Kier molecular flexibility index (Phi) is 13.2. The predicted octanol–water partition coefficient (Wildman–Crippen LogP) is 5.18. The minimum absolute atomic E-state index is 0. The fourth-order valence-corrected chi connectivity index (χ4v) is 2.52. The van der Waals surface area contributed by atoms with Gasteiger partial charge in [0, 0.05) is 20.0 Å². The minimum Gasteiger partial charge on any atom is -0.381 e. The van der Waals surface area contributed by atoms with Crippen LogP contribution in [0.25, 0.3) is 0 Å². The Morgan fingerprint density at radius 1 is 1.13 bits per heavy atom. The van der Waals surface area contributed by atoms with Crippen molar-refractivity contribution in [3.05, 3.63) is 34.9 Å². The molecule has 0 bridgehead atoms. The second-order valence-corrected chi connectivity index (χ2v) is 5.69. The Balaban J connectivity index is 0. The van der Waals surface area contributed by atoms with E-state index in [2.05, 4.69) is 19.1 Å². The molecule has 0 spiro atoms. The summed E-state index contributed by atoms with van der Waals surface area (Å²) in [5.41, 5.74) is 3.20. The van der Waals surface area contributed by atoms with Crippen molar-refractivity contribution in [2.75, 3.05) is 13.2 Å². The van der Waals surface area contributed by atoms with E-state index in [0.717, 1.165) is 36.1 Å². The monoisotopic (exact) mass is 322 g/mol. The molecular weight excluding hydrogens is 288 g/mol. The van der Waals surface area contributed by atoms with Crippen LogP contribution in [0.1, 0.15) is 75.3 Å². The maximum Gasteiger partial charge on any atom is 0.163 e. The van der Waals surface area contributed by atoms with Gasteiger partial charge in [0.15, 0.2) is 5.78 Å². The average Bonchev–Trinajstić information content (AvgIpc) is 2.57. The van der Waals surface area contributed by atoms with Crippen LogP contribution in [0.5, 0.6) is 0 Å². The highest BCUT2D eigenvalue weighted by molar-refractivity contribution is 5.97. The van der Waals surface area contributed by atoms with Gasteiger partial charge >= 0.3 is 0 Å². The standard InChI is InChI=1S/C19H30O2.CH2O.H2/c1-4-6-7-8-9-10-19(20)18-15-16(3)11-12-17(18)13-14-21-5-2;1-2;/h11-12,15H,4-10,13-14H2,1-3H3;1H2;1H. The van der Waals surface area contributed by atoms with Crippen LogP contribution in [-0.4, -0.2) is 25.8 Å². The topological polar surface area (TPSA) is 43.4 Å². The molecule has 3 nitrogen and oxygen atoms in total. The molecule has 1 aromatic carbocycles. The van der Waals surface area contributed by atoms with Crippen LogP contribution in [0.2, 0.25) is 0 Å². The van der Waals surface area contributed by atoms with Crippen molar-refractivity contribution in [1.82, 2.24) is 0 Å². The molecule has 1 rings (SSSR count). The van der Waals surface area contributed by atoms with Crippen LogP contribution in [0.3, 0.4) is 0 Å². The SMILES string of the molecule is C=O.CCCCCCCC(=O)c1cc(C)ccc1CCOCC.[HH]. The summed E-state index contributed by atoms with van der Waals surface area (Å²) >= 11 is 0. The minimum atomic E-state index is 0. The van der Waals surface area contributed by atoms with E-state index in [9.17, 15) is 4.79 Å². The summed E-state index contributed by atoms with van der Waals surface area (Å²) in [6.07, 6.45) is 7.44. The first-order chi connectivity index (χ1) is 11.2. The maximum atomic E-state index is 12.4. The number of unbranched alkanes of at least 4 members (excludes halogenated alkanes) is 4. The lowest BCUT2D eigenvalue weighted by molar-refractivity contribution is -0.0980. The molecule has 0 aliphatic rings. The molecule has 0 saturated carbocycles. The van der Waals surface area contributed by atoms with Crippen molar-refractivity contribution >= 4 is 12.6 Å². The lowest BCUT2D eigenvalue weighted by Crippen LogP contribution is -2.07. The number of ketones is 1. The van der Waals surface area contributed by atoms with Crippen molar-refractivity contribution in [3.8, 4) is 0 Å². The number of rotatable bonds is 11. The van der Waals surface area contributed by atoms with Crippen molar-refractivity contribution in [3.63, 3.8) is 0 Å². The Morgan fingerprint density at radius 3 is 2.48 bits per heavy atom. The lowest BCUT2D eigenvalue weighted by Gasteiger charge is -2.10. The number of hydrogen-bond donors (Lipinski definition) is 0. The average molecular weight is 322 g/mol. The fourth-order valence-electron chi connectivity index (χ4n) is 2.52. The van der Waals surface area contributed by atoms with Gasteiger partial charge in [0.1, 0.15) is 6.79 Å². The van der Waals surface area contributed by atoms with Gasteiger partial charge in [0.25, 0.3) is 0 Å². The molecule has 23 heavy (non-hydrogen) atoms. The van der Waals surface area contributed by atoms with Gasteiger partial charge in [0.2, 0.25) is 0 Å². The number of Topliss-reactive ketones (excluding diaryl/α,β-unsaturated/α-hetero) is 1. The van der Waals surface area contributed by atoms with Crippen LogP contribution in [0.15, 0.2) is 18.2 Å². The summed E-state index contributed by atoms with van der Waals surface area (Å²) in [5.74, 6) is 0.293. The van der Waals surface area contributed by atoms with E-state index in [1.54, 1.807) is 0 Å². The third-order valence-corrected chi connectivity index (χ3v) is 3.79. The molecule has 132 valence electrons. The van der Waals surface area contributed by atoms with E-state index in [-0.39, 0.29) is 1.43 Å². The molecule has 1 aromatic rings. The first kappa shape index (κ1) is 21.5. The summed E-state index contributed by atoms with van der Waals surface area (Å²) in [4.78, 5) is 20.4. The Bertz CT molecular complexity index is 447. The number of hydrogen-bond acceptors (Lipinski definition) is 3. The van der Waals surface area contributed by atoms with E-state index >= 15 is 0 Å². The number of benzene rings is 1. The molecule has 0 amide bonds. The zero-order chi connectivity index (χ0) is 17.5. The molecular formula is C20H34O3. The van der Waals surface area contributed by atoms with Crippen molar-refractivity contribution in [2.24, 2.45) is 0 Å². The molecule has 0 heterocycles. The molecule has 3 heteroatoms. The Hall–Kier alpha value is -1.48. The van der Waals surface area contributed by atoms with E-state index in [1.165, 1.54) is 25.7 Å². The molecule has 0 atom stereocenters. The summed E-state index contributed by atoms with van der Waals surface area (Å²) in [5, 5.41) is 0. The highest BCUT2D eigenvalue weighted by Crippen LogP contribution is 2.17. The van der Waals surface area contributed by atoms with Gasteiger partial charge in [0.05, 0.1) is 6.61 Å². The molecule has 0 aliphatic heterocycles. The number of carbonyl (C=O) groups is 2. The van der Waals surface area contributed by atoms with Gasteiger partial charge in [-0.1, -0.05) is 50.3 Å². The molecule has 0 N–H and O–H groups in total. The van der Waals surface area contributed by atoms with Gasteiger partial charge in [-0.2, -0.15) is 0 Å². The third kappa shape index (κ3) is 9.29. The van der Waals surface area contributed by atoms with E-state index in [1.807, 2.05) is 26.7 Å². The second kappa shape index (κ2) is 14.1. The highest BCUT2D eigenvalue weighted by Gasteiger charge is 2.11. The molecule has 0 radical (unpaired) electrons. The van der Waals surface area contributed by atoms with Gasteiger partial charge in [-0.3, -0.25) is 4.79 Å². The van der Waals surface area contributed by atoms with Crippen molar-refractivity contribution in [2.45, 2.75) is 65.7 Å². The van der Waals surface area contributed by atoms with E-state index in [0.29, 0.717) is 18.8 Å². The number of aryl methyl sites for hydroxylation is 1. The predicted molar refractivity (Wildman–Crippen MR) is 98.3 cm³/mol. The number of ether oxygens (including phenoxy) is 1. The molecule has 0 aromatic heterocycles. The van der Waals surface area contributed by atoms with Gasteiger partial charge in [-0.15, -0.1) is 0 Å². The van der Waals surface area contributed by atoms with Crippen LogP contribution >= 0.6 is 0 Å². The third-order valence-electron chi connectivity index (χ3n) is 3.79. The summed E-state index contributed by atoms with van der Waals surface area (Å²) in [7, 11) is 0. The maximum absolute atomic E-state index is 12.4. The smallest absolute Gasteiger partial charge is 0.163 e. The quantitative estimate of drug-likeness (QED) is 0.416. The van der Waals surface area contributed by atoms with Gasteiger partial charge in [-0.25, -0.2) is 0 Å². The molecule has 0 fully saturated rings. The van der Waals surface area contributed by atoms with E-state index < -0.39 is 0 Å². The van der Waals surface area contributed by atoms with Crippen molar-refractivity contribution in [1.29, 1.82) is 0 Å².